The van der Waals surface area contributed by atoms with Crippen LogP contribution in [0.25, 0.3) is 0 Å². The Morgan fingerprint density at radius 2 is 2.00 bits per heavy atom. The molecule has 1 saturated carbocycles. The Labute approximate surface area is 190 Å². The lowest BCUT2D eigenvalue weighted by Crippen LogP contribution is -2.23. The molecular formula is C27H47NO3. The van der Waals surface area contributed by atoms with Gasteiger partial charge in [0.1, 0.15) is 0 Å². The number of amides is 1. The van der Waals surface area contributed by atoms with Crippen molar-refractivity contribution in [1.29, 1.82) is 0 Å². The standard InChI is InChI=1S/C27H47NO3/c1-4-6-10-20(3)16-23(29)13-14-24-25-18-21(17-22(25)19-26(24)30)11-8-9-12-27(31)28-15-7-5-2/h13-14,17,20,22-26,29-30H,4-12,15-16,18-19H2,1-3H3,(H,28,31)/t20-,22-,23+,24+,25-,26+/m0/s1. The number of rotatable bonds is 15. The van der Waals surface area contributed by atoms with Crippen molar-refractivity contribution in [3.05, 3.63) is 23.8 Å². The van der Waals surface area contributed by atoms with Crippen LogP contribution < -0.4 is 5.32 Å². The molecule has 0 aliphatic heterocycles. The maximum atomic E-state index is 11.8. The smallest absolute Gasteiger partial charge is 0.219 e. The molecule has 0 unspecified atom stereocenters. The van der Waals surface area contributed by atoms with Crippen molar-refractivity contribution < 1.29 is 15.0 Å². The summed E-state index contributed by atoms with van der Waals surface area (Å²) in [5.74, 6) is 1.82. The summed E-state index contributed by atoms with van der Waals surface area (Å²) in [6.45, 7) is 7.35. The van der Waals surface area contributed by atoms with Crippen LogP contribution in [0.4, 0.5) is 0 Å². The molecule has 0 saturated heterocycles. The molecule has 0 radical (unpaired) electrons. The van der Waals surface area contributed by atoms with E-state index in [0.29, 0.717) is 24.2 Å². The van der Waals surface area contributed by atoms with Gasteiger partial charge in [-0.1, -0.05) is 70.3 Å². The number of carbonyl (C=O) groups is 1. The third kappa shape index (κ3) is 9.10. The summed E-state index contributed by atoms with van der Waals surface area (Å²) in [5.41, 5.74) is 1.50. The van der Waals surface area contributed by atoms with Crippen molar-refractivity contribution in [3.63, 3.8) is 0 Å². The van der Waals surface area contributed by atoms with E-state index in [9.17, 15) is 15.0 Å². The number of fused-ring (bicyclic) bond motifs is 1. The van der Waals surface area contributed by atoms with Crippen LogP contribution in [0, 0.1) is 23.7 Å². The summed E-state index contributed by atoms with van der Waals surface area (Å²) >= 11 is 0. The largest absolute Gasteiger partial charge is 0.392 e. The van der Waals surface area contributed by atoms with Crippen molar-refractivity contribution in [2.24, 2.45) is 23.7 Å². The normalized spacial score (nSPS) is 27.3. The van der Waals surface area contributed by atoms with Gasteiger partial charge < -0.3 is 15.5 Å². The van der Waals surface area contributed by atoms with Crippen LogP contribution in [0.1, 0.15) is 97.8 Å². The number of hydrogen-bond donors (Lipinski definition) is 3. The minimum absolute atomic E-state index is 0.156. The van der Waals surface area contributed by atoms with Gasteiger partial charge in [-0.2, -0.15) is 0 Å². The molecule has 178 valence electrons. The minimum Gasteiger partial charge on any atom is -0.392 e. The SMILES string of the molecule is CCCCNC(=O)CCCCC1=C[C@H]2C[C@@H](O)[C@H](C=C[C@@H](O)C[C@@H](C)CCCC)[C@H]2C1. The number of aliphatic hydroxyl groups is 2. The predicted octanol–water partition coefficient (Wildman–Crippen LogP) is 5.54. The summed E-state index contributed by atoms with van der Waals surface area (Å²) in [7, 11) is 0. The minimum atomic E-state index is -0.407. The number of hydrogen-bond acceptors (Lipinski definition) is 3. The quantitative estimate of drug-likeness (QED) is 0.235. The van der Waals surface area contributed by atoms with Gasteiger partial charge in [-0.25, -0.2) is 0 Å². The average molecular weight is 434 g/mol. The zero-order valence-electron chi connectivity index (χ0n) is 20.2. The fourth-order valence-corrected chi connectivity index (χ4v) is 5.34. The maximum Gasteiger partial charge on any atom is 0.219 e. The third-order valence-electron chi connectivity index (χ3n) is 7.20. The molecule has 0 aromatic carbocycles. The molecule has 3 N–H and O–H groups in total. The molecule has 0 aromatic heterocycles. The van der Waals surface area contributed by atoms with Gasteiger partial charge in [-0.3, -0.25) is 4.79 Å². The van der Waals surface area contributed by atoms with E-state index in [0.717, 1.165) is 57.9 Å². The Bertz CT molecular complexity index is 585. The van der Waals surface area contributed by atoms with Crippen LogP contribution in [0.5, 0.6) is 0 Å². The fourth-order valence-electron chi connectivity index (χ4n) is 5.34. The Morgan fingerprint density at radius 1 is 1.23 bits per heavy atom. The van der Waals surface area contributed by atoms with E-state index >= 15 is 0 Å². The van der Waals surface area contributed by atoms with E-state index in [1.807, 2.05) is 6.08 Å². The molecule has 2 aliphatic rings. The molecule has 1 fully saturated rings. The van der Waals surface area contributed by atoms with Gasteiger partial charge in [-0.15, -0.1) is 0 Å². The lowest BCUT2D eigenvalue weighted by molar-refractivity contribution is -0.121. The van der Waals surface area contributed by atoms with Gasteiger partial charge in [-0.05, 0) is 62.7 Å². The van der Waals surface area contributed by atoms with Crippen molar-refractivity contribution in [3.8, 4) is 0 Å². The molecule has 4 nitrogen and oxygen atoms in total. The molecule has 0 spiro atoms. The molecule has 4 heteroatoms. The summed E-state index contributed by atoms with van der Waals surface area (Å²) < 4.78 is 0. The topological polar surface area (TPSA) is 69.6 Å². The Kier molecular flexibility index (Phi) is 11.9. The second kappa shape index (κ2) is 14.1. The molecule has 31 heavy (non-hydrogen) atoms. The molecule has 1 amide bonds. The summed E-state index contributed by atoms with van der Waals surface area (Å²) in [4.78, 5) is 11.8. The van der Waals surface area contributed by atoms with Gasteiger partial charge in [0, 0.05) is 18.9 Å². The lowest BCUT2D eigenvalue weighted by Gasteiger charge is -2.19. The molecule has 0 heterocycles. The number of unbranched alkanes of at least 4 members (excludes halogenated alkanes) is 3. The summed E-state index contributed by atoms with van der Waals surface area (Å²) in [6, 6.07) is 0. The van der Waals surface area contributed by atoms with E-state index < -0.39 is 6.10 Å². The number of nitrogens with one attached hydrogen (secondary N) is 1. The van der Waals surface area contributed by atoms with Gasteiger partial charge in [0.15, 0.2) is 0 Å². The molecule has 0 aromatic rings. The van der Waals surface area contributed by atoms with Crippen LogP contribution >= 0.6 is 0 Å². The fraction of sp³-hybridized carbons (Fsp3) is 0.815. The van der Waals surface area contributed by atoms with Crippen LogP contribution in [-0.4, -0.2) is 34.9 Å². The maximum absolute atomic E-state index is 11.8. The second-order valence-corrected chi connectivity index (χ2v) is 10.1. The van der Waals surface area contributed by atoms with E-state index in [1.165, 1.54) is 24.8 Å². The second-order valence-electron chi connectivity index (χ2n) is 10.1. The van der Waals surface area contributed by atoms with Gasteiger partial charge in [0.25, 0.3) is 0 Å². The third-order valence-corrected chi connectivity index (χ3v) is 7.20. The lowest BCUT2D eigenvalue weighted by atomic mass is 9.88. The highest BCUT2D eigenvalue weighted by Gasteiger charge is 2.43. The predicted molar refractivity (Wildman–Crippen MR) is 129 cm³/mol. The molecular weight excluding hydrogens is 386 g/mol. The summed E-state index contributed by atoms with van der Waals surface area (Å²) in [5, 5.41) is 23.9. The highest BCUT2D eigenvalue weighted by molar-refractivity contribution is 5.75. The van der Waals surface area contributed by atoms with Crippen LogP contribution in [0.3, 0.4) is 0 Å². The molecule has 2 aliphatic carbocycles. The van der Waals surface area contributed by atoms with Crippen LogP contribution in [0.2, 0.25) is 0 Å². The first kappa shape index (κ1) is 26.1. The van der Waals surface area contributed by atoms with E-state index in [1.54, 1.807) is 0 Å². The van der Waals surface area contributed by atoms with E-state index in [4.69, 9.17) is 0 Å². The highest BCUT2D eigenvalue weighted by atomic mass is 16.3. The van der Waals surface area contributed by atoms with Crippen LogP contribution in [0.15, 0.2) is 23.8 Å². The first-order chi connectivity index (χ1) is 14.9. The monoisotopic (exact) mass is 433 g/mol. The van der Waals surface area contributed by atoms with Crippen molar-refractivity contribution in [2.75, 3.05) is 6.54 Å². The van der Waals surface area contributed by atoms with E-state index in [-0.39, 0.29) is 17.9 Å². The van der Waals surface area contributed by atoms with Gasteiger partial charge in [0.05, 0.1) is 12.2 Å². The Balaban J connectivity index is 1.71. The summed E-state index contributed by atoms with van der Waals surface area (Å²) in [6.07, 6.45) is 17.9. The number of allylic oxidation sites excluding steroid dienone is 2. The zero-order valence-corrected chi connectivity index (χ0v) is 20.2. The highest BCUT2D eigenvalue weighted by Crippen LogP contribution is 2.48. The van der Waals surface area contributed by atoms with Gasteiger partial charge in [0.2, 0.25) is 5.91 Å². The molecule has 2 rings (SSSR count). The van der Waals surface area contributed by atoms with Crippen LogP contribution in [-0.2, 0) is 4.79 Å². The Morgan fingerprint density at radius 3 is 2.74 bits per heavy atom. The first-order valence-electron chi connectivity index (χ1n) is 12.9. The first-order valence-corrected chi connectivity index (χ1v) is 12.9. The Hall–Kier alpha value is -1.13. The number of carbonyl (C=O) groups excluding carboxylic acids is 1. The molecule has 6 atom stereocenters. The van der Waals surface area contributed by atoms with Gasteiger partial charge >= 0.3 is 0 Å². The molecule has 0 bridgehead atoms. The average Bonchev–Trinajstić information content (AvgIpc) is 3.24. The van der Waals surface area contributed by atoms with E-state index in [2.05, 4.69) is 38.2 Å². The van der Waals surface area contributed by atoms with Crippen molar-refractivity contribution >= 4 is 5.91 Å². The van der Waals surface area contributed by atoms with Crippen molar-refractivity contribution in [2.45, 2.75) is 110 Å². The number of aliphatic hydroxyl groups excluding tert-OH is 2. The zero-order chi connectivity index (χ0) is 22.6. The van der Waals surface area contributed by atoms with Crippen molar-refractivity contribution in [1.82, 2.24) is 5.32 Å².